The van der Waals surface area contributed by atoms with Crippen molar-refractivity contribution in [2.75, 3.05) is 46.1 Å². The standard InChI is InChI=1S/C35H68N2O5S/c1-6-9-12-15-16-17-20-30-41-33(38)25-21-27-37(35(40)43-31-29-36(4)5)28-22-26-34(39)42-32(23-18-13-10-7-2)24-19-14-11-8-3/h17,20,32-33,38H,6-16,18-19,21-31H2,1-5H3/b20-17-. The molecule has 0 saturated heterocycles. The summed E-state index contributed by atoms with van der Waals surface area (Å²) in [5.74, 6) is 0.574. The lowest BCUT2D eigenvalue weighted by atomic mass is 10.0. The van der Waals surface area contributed by atoms with E-state index in [0.717, 1.165) is 44.4 Å². The van der Waals surface area contributed by atoms with E-state index in [1.165, 1.54) is 76.0 Å². The molecule has 0 heterocycles. The monoisotopic (exact) mass is 628 g/mol. The van der Waals surface area contributed by atoms with E-state index < -0.39 is 6.29 Å². The first-order valence-electron chi connectivity index (χ1n) is 17.5. The number of aliphatic hydroxyl groups is 1. The summed E-state index contributed by atoms with van der Waals surface area (Å²) >= 11 is 1.32. The maximum Gasteiger partial charge on any atom is 0.306 e. The predicted molar refractivity (Wildman–Crippen MR) is 184 cm³/mol. The highest BCUT2D eigenvalue weighted by Crippen LogP contribution is 2.17. The number of ether oxygens (including phenoxy) is 2. The Morgan fingerprint density at radius 1 is 0.744 bits per heavy atom. The van der Waals surface area contributed by atoms with Gasteiger partial charge in [-0.3, -0.25) is 9.59 Å². The molecule has 0 rings (SSSR count). The van der Waals surface area contributed by atoms with E-state index >= 15 is 0 Å². The summed E-state index contributed by atoms with van der Waals surface area (Å²) < 4.78 is 11.5. The van der Waals surface area contributed by atoms with E-state index in [1.54, 1.807) is 0 Å². The van der Waals surface area contributed by atoms with Gasteiger partial charge in [0, 0.05) is 31.8 Å². The van der Waals surface area contributed by atoms with Crippen molar-refractivity contribution in [2.45, 2.75) is 155 Å². The molecule has 0 spiro atoms. The van der Waals surface area contributed by atoms with E-state index in [1.807, 2.05) is 25.1 Å². The minimum atomic E-state index is -0.843. The van der Waals surface area contributed by atoms with E-state index in [4.69, 9.17) is 9.47 Å². The maximum atomic E-state index is 13.0. The minimum Gasteiger partial charge on any atom is -0.462 e. The Balaban J connectivity index is 4.66. The molecule has 0 saturated carbocycles. The molecule has 0 bridgehead atoms. The molecule has 0 fully saturated rings. The number of unbranched alkanes of at least 4 members (excludes halogenated alkanes) is 10. The summed E-state index contributed by atoms with van der Waals surface area (Å²) in [5.41, 5.74) is 0. The molecule has 8 heteroatoms. The Kier molecular flexibility index (Phi) is 30.1. The molecule has 1 atom stereocenters. The second kappa shape index (κ2) is 30.9. The molecule has 0 aromatic carbocycles. The topological polar surface area (TPSA) is 79.3 Å². The number of allylic oxidation sites excluding steroid dienone is 1. The molecule has 7 nitrogen and oxygen atoms in total. The first-order valence-corrected chi connectivity index (χ1v) is 18.5. The Labute approximate surface area is 269 Å². The second-order valence-corrected chi connectivity index (χ2v) is 13.1. The predicted octanol–water partition coefficient (Wildman–Crippen LogP) is 8.98. The number of amides is 1. The van der Waals surface area contributed by atoms with Crippen LogP contribution in [0.3, 0.4) is 0 Å². The first-order chi connectivity index (χ1) is 20.8. The lowest BCUT2D eigenvalue weighted by Gasteiger charge is -2.23. The van der Waals surface area contributed by atoms with Gasteiger partial charge in [0.25, 0.3) is 5.24 Å². The van der Waals surface area contributed by atoms with Crippen molar-refractivity contribution in [1.82, 2.24) is 9.80 Å². The van der Waals surface area contributed by atoms with Crippen molar-refractivity contribution in [2.24, 2.45) is 0 Å². The van der Waals surface area contributed by atoms with E-state index in [9.17, 15) is 14.7 Å². The lowest BCUT2D eigenvalue weighted by molar-refractivity contribution is -0.150. The normalized spacial score (nSPS) is 12.5. The number of rotatable bonds is 30. The number of hydrogen-bond donors (Lipinski definition) is 1. The van der Waals surface area contributed by atoms with Gasteiger partial charge in [-0.05, 0) is 71.9 Å². The van der Waals surface area contributed by atoms with Gasteiger partial charge in [-0.15, -0.1) is 0 Å². The van der Waals surface area contributed by atoms with Gasteiger partial charge in [-0.25, -0.2) is 0 Å². The number of thioether (sulfide) groups is 1. The smallest absolute Gasteiger partial charge is 0.306 e. The lowest BCUT2D eigenvalue weighted by Crippen LogP contribution is -2.32. The van der Waals surface area contributed by atoms with Gasteiger partial charge in [0.15, 0.2) is 6.29 Å². The zero-order chi connectivity index (χ0) is 32.0. The molecule has 0 radical (unpaired) electrons. The molecule has 1 N–H and O–H groups in total. The summed E-state index contributed by atoms with van der Waals surface area (Å²) in [4.78, 5) is 29.6. The van der Waals surface area contributed by atoms with Crippen LogP contribution in [0.2, 0.25) is 0 Å². The van der Waals surface area contributed by atoms with Crippen LogP contribution >= 0.6 is 11.8 Å². The van der Waals surface area contributed by atoms with E-state index in [0.29, 0.717) is 45.4 Å². The van der Waals surface area contributed by atoms with Crippen LogP contribution in [0.1, 0.15) is 143 Å². The van der Waals surface area contributed by atoms with Crippen LogP contribution < -0.4 is 0 Å². The van der Waals surface area contributed by atoms with Gasteiger partial charge in [-0.2, -0.15) is 0 Å². The van der Waals surface area contributed by atoms with Crippen molar-refractivity contribution in [1.29, 1.82) is 0 Å². The van der Waals surface area contributed by atoms with Gasteiger partial charge >= 0.3 is 5.97 Å². The largest absolute Gasteiger partial charge is 0.462 e. The Morgan fingerprint density at radius 3 is 1.95 bits per heavy atom. The fraction of sp³-hybridized carbons (Fsp3) is 0.886. The molecule has 0 aliphatic heterocycles. The van der Waals surface area contributed by atoms with Crippen molar-refractivity contribution < 1.29 is 24.2 Å². The fourth-order valence-corrected chi connectivity index (χ4v) is 5.80. The van der Waals surface area contributed by atoms with Gasteiger partial charge in [0.2, 0.25) is 0 Å². The number of nitrogens with zero attached hydrogens (tertiary/aromatic N) is 2. The van der Waals surface area contributed by atoms with Gasteiger partial charge in [0.05, 0.1) is 6.61 Å². The van der Waals surface area contributed by atoms with Crippen molar-refractivity contribution in [3.05, 3.63) is 12.2 Å². The molecule has 43 heavy (non-hydrogen) atoms. The molecular weight excluding hydrogens is 560 g/mol. The Morgan fingerprint density at radius 2 is 1.35 bits per heavy atom. The zero-order valence-electron chi connectivity index (χ0n) is 28.7. The summed E-state index contributed by atoms with van der Waals surface area (Å²) in [5, 5.41) is 10.3. The third-order valence-electron chi connectivity index (χ3n) is 7.54. The summed E-state index contributed by atoms with van der Waals surface area (Å²) in [6.07, 6.45) is 22.7. The second-order valence-electron chi connectivity index (χ2n) is 12.1. The number of hydrogen-bond acceptors (Lipinski definition) is 7. The number of carbonyl (C=O) groups excluding carboxylic acids is 2. The molecule has 254 valence electrons. The average Bonchev–Trinajstić information content (AvgIpc) is 2.97. The fourth-order valence-electron chi connectivity index (χ4n) is 4.80. The third-order valence-corrected chi connectivity index (χ3v) is 8.44. The Bertz CT molecular complexity index is 665. The summed E-state index contributed by atoms with van der Waals surface area (Å²) in [7, 11) is 4.00. The number of carbonyl (C=O) groups is 2. The molecule has 0 aliphatic carbocycles. The molecule has 0 aromatic rings. The van der Waals surface area contributed by atoms with Crippen LogP contribution in [0.5, 0.6) is 0 Å². The summed E-state index contributed by atoms with van der Waals surface area (Å²) in [6.45, 7) is 8.91. The first kappa shape index (κ1) is 41.9. The van der Waals surface area contributed by atoms with Crippen LogP contribution in [0.15, 0.2) is 12.2 Å². The Hall–Kier alpha value is -1.09. The van der Waals surface area contributed by atoms with Crippen molar-refractivity contribution in [3.8, 4) is 0 Å². The maximum absolute atomic E-state index is 13.0. The minimum absolute atomic E-state index is 0.0120. The number of aliphatic hydroxyl groups excluding tert-OH is 1. The number of esters is 1. The molecule has 0 aliphatic rings. The highest BCUT2D eigenvalue weighted by molar-refractivity contribution is 8.13. The molecule has 1 unspecified atom stereocenters. The van der Waals surface area contributed by atoms with E-state index in [2.05, 4.69) is 31.7 Å². The SMILES string of the molecule is CCCCCC/C=C\COC(O)CCCN(CCCC(=O)OC(CCCCCC)CCCCCC)C(=O)SCCN(C)C. The highest BCUT2D eigenvalue weighted by Gasteiger charge is 2.18. The van der Waals surface area contributed by atoms with Crippen LogP contribution in [0.4, 0.5) is 4.79 Å². The molecule has 0 aromatic heterocycles. The van der Waals surface area contributed by atoms with Crippen LogP contribution in [-0.4, -0.2) is 84.6 Å². The van der Waals surface area contributed by atoms with E-state index in [-0.39, 0.29) is 17.3 Å². The highest BCUT2D eigenvalue weighted by atomic mass is 32.2. The third kappa shape index (κ3) is 28.1. The quantitative estimate of drug-likeness (QED) is 0.0368. The van der Waals surface area contributed by atoms with Crippen LogP contribution in [-0.2, 0) is 14.3 Å². The zero-order valence-corrected chi connectivity index (χ0v) is 29.5. The van der Waals surface area contributed by atoms with Crippen molar-refractivity contribution in [3.63, 3.8) is 0 Å². The van der Waals surface area contributed by atoms with Gasteiger partial charge in [0.1, 0.15) is 6.10 Å². The van der Waals surface area contributed by atoms with Gasteiger partial charge in [-0.1, -0.05) is 102 Å². The van der Waals surface area contributed by atoms with Crippen molar-refractivity contribution >= 4 is 23.0 Å². The molecular formula is C35H68N2O5S. The summed E-state index contributed by atoms with van der Waals surface area (Å²) in [6, 6.07) is 0. The molecule has 1 amide bonds. The van der Waals surface area contributed by atoms with Crippen LogP contribution in [0.25, 0.3) is 0 Å². The van der Waals surface area contributed by atoms with Gasteiger partial charge < -0.3 is 24.4 Å². The van der Waals surface area contributed by atoms with Crippen LogP contribution in [0, 0.1) is 0 Å². The average molecular weight is 629 g/mol.